The van der Waals surface area contributed by atoms with Crippen LogP contribution >= 0.6 is 0 Å². The van der Waals surface area contributed by atoms with Crippen LogP contribution < -0.4 is 19.5 Å². The summed E-state index contributed by atoms with van der Waals surface area (Å²) >= 11 is 0. The lowest BCUT2D eigenvalue weighted by molar-refractivity contribution is 0.0877. The van der Waals surface area contributed by atoms with E-state index in [4.69, 9.17) is 13.9 Å². The molecule has 8 nitrogen and oxygen atoms in total. The van der Waals surface area contributed by atoms with E-state index < -0.39 is 27.0 Å². The van der Waals surface area contributed by atoms with Gasteiger partial charge in [-0.25, -0.2) is 13.1 Å². The van der Waals surface area contributed by atoms with Crippen molar-refractivity contribution < 1.29 is 27.1 Å². The van der Waals surface area contributed by atoms with E-state index in [0.717, 1.165) is 5.56 Å². The molecule has 0 radical (unpaired) electrons. The highest BCUT2D eigenvalue weighted by atomic mass is 32.2. The van der Waals surface area contributed by atoms with Gasteiger partial charge >= 0.3 is 0 Å². The first-order chi connectivity index (χ1) is 13.4. The quantitative estimate of drug-likeness (QED) is 0.767. The molecular formula is C20H26N2O6S. The zero-order valence-corrected chi connectivity index (χ0v) is 18.0. The maximum absolute atomic E-state index is 12.7. The summed E-state index contributed by atoms with van der Waals surface area (Å²) in [4.78, 5) is 12.7. The molecule has 1 aliphatic rings. The normalized spacial score (nSPS) is 14.5. The third kappa shape index (κ3) is 4.91. The van der Waals surface area contributed by atoms with Crippen molar-refractivity contribution in [2.45, 2.75) is 50.8 Å². The molecule has 2 aromatic rings. The van der Waals surface area contributed by atoms with Crippen molar-refractivity contribution in [2.75, 3.05) is 13.2 Å². The molecule has 158 valence electrons. The highest BCUT2D eigenvalue weighted by molar-refractivity contribution is 7.89. The molecule has 0 atom stereocenters. The highest BCUT2D eigenvalue weighted by Crippen LogP contribution is 2.34. The van der Waals surface area contributed by atoms with E-state index in [-0.39, 0.29) is 10.9 Å². The minimum atomic E-state index is -3.86. The van der Waals surface area contributed by atoms with Gasteiger partial charge in [-0.3, -0.25) is 4.79 Å². The molecule has 0 fully saturated rings. The van der Waals surface area contributed by atoms with E-state index >= 15 is 0 Å². The number of hydrogen-bond acceptors (Lipinski definition) is 6. The van der Waals surface area contributed by atoms with Crippen molar-refractivity contribution in [3.8, 4) is 11.5 Å². The lowest BCUT2D eigenvalue weighted by Gasteiger charge is -2.28. The van der Waals surface area contributed by atoms with Crippen LogP contribution in [0.4, 0.5) is 0 Å². The zero-order valence-electron chi connectivity index (χ0n) is 17.2. The number of hydrogen-bond donors (Lipinski definition) is 2. The molecule has 29 heavy (non-hydrogen) atoms. The van der Waals surface area contributed by atoms with Gasteiger partial charge in [-0.05, 0) is 64.4 Å². The van der Waals surface area contributed by atoms with Crippen LogP contribution in [-0.4, -0.2) is 33.1 Å². The maximum Gasteiger partial charge on any atom is 0.287 e. The number of carbonyl (C=O) groups is 1. The predicted octanol–water partition coefficient (Wildman–Crippen LogP) is 2.79. The average molecular weight is 423 g/mol. The van der Waals surface area contributed by atoms with Gasteiger partial charge in [0.05, 0.1) is 5.54 Å². The number of nitrogens with one attached hydrogen (secondary N) is 2. The molecule has 1 amide bonds. The van der Waals surface area contributed by atoms with Gasteiger partial charge in [-0.1, -0.05) is 6.07 Å². The van der Waals surface area contributed by atoms with Crippen molar-refractivity contribution in [1.29, 1.82) is 0 Å². The second kappa shape index (κ2) is 7.38. The van der Waals surface area contributed by atoms with E-state index in [9.17, 15) is 13.2 Å². The molecule has 0 saturated heterocycles. The molecule has 2 N–H and O–H groups in total. The van der Waals surface area contributed by atoms with E-state index in [0.29, 0.717) is 24.7 Å². The summed E-state index contributed by atoms with van der Waals surface area (Å²) in [5.74, 6) is 0.664. The zero-order chi connectivity index (χ0) is 21.4. The summed E-state index contributed by atoms with van der Waals surface area (Å²) in [6.07, 6.45) is 0. The summed E-state index contributed by atoms with van der Waals surface area (Å²) < 4.78 is 43.7. The van der Waals surface area contributed by atoms with Crippen LogP contribution in [0.3, 0.4) is 0 Å². The molecule has 2 heterocycles. The van der Waals surface area contributed by atoms with Crippen LogP contribution in [0.15, 0.2) is 39.8 Å². The van der Waals surface area contributed by atoms with Crippen molar-refractivity contribution in [2.24, 2.45) is 0 Å². The number of fused-ring (bicyclic) bond motifs is 1. The number of benzene rings is 1. The molecule has 0 aliphatic carbocycles. The van der Waals surface area contributed by atoms with Crippen LogP contribution in [-0.2, 0) is 15.6 Å². The van der Waals surface area contributed by atoms with E-state index in [1.54, 1.807) is 26.8 Å². The van der Waals surface area contributed by atoms with Crippen LogP contribution in [0, 0.1) is 0 Å². The minimum absolute atomic E-state index is 0.0927. The Kier molecular flexibility index (Phi) is 5.40. The van der Waals surface area contributed by atoms with Gasteiger partial charge in [0.1, 0.15) is 13.2 Å². The number of amides is 1. The SMILES string of the molecule is CC(C)(C)NS(=O)(=O)c1ccc(C(=O)NC(C)(C)c2ccc3c(c2)OCCO3)o1. The Morgan fingerprint density at radius 1 is 0.966 bits per heavy atom. The molecular weight excluding hydrogens is 396 g/mol. The first-order valence-electron chi connectivity index (χ1n) is 9.24. The molecule has 9 heteroatoms. The Morgan fingerprint density at radius 3 is 2.28 bits per heavy atom. The summed E-state index contributed by atoms with van der Waals surface area (Å²) in [6.45, 7) is 9.79. The molecule has 1 aromatic heterocycles. The van der Waals surface area contributed by atoms with Crippen LogP contribution in [0.25, 0.3) is 0 Å². The second-order valence-corrected chi connectivity index (χ2v) is 10.0. The number of furan rings is 1. The fraction of sp³-hybridized carbons (Fsp3) is 0.450. The molecule has 0 unspecified atom stereocenters. The predicted molar refractivity (Wildman–Crippen MR) is 107 cm³/mol. The van der Waals surface area contributed by atoms with E-state index in [1.807, 2.05) is 26.0 Å². The number of carbonyl (C=O) groups excluding carboxylic acids is 1. The third-order valence-electron chi connectivity index (χ3n) is 4.20. The third-order valence-corrected chi connectivity index (χ3v) is 5.83. The average Bonchev–Trinajstić information content (AvgIpc) is 3.10. The fourth-order valence-electron chi connectivity index (χ4n) is 2.89. The van der Waals surface area contributed by atoms with E-state index in [1.165, 1.54) is 12.1 Å². The first kappa shape index (κ1) is 21.2. The van der Waals surface area contributed by atoms with Gasteiger partial charge in [0.15, 0.2) is 17.3 Å². The summed E-state index contributed by atoms with van der Waals surface area (Å²) in [5, 5.41) is 2.55. The summed E-state index contributed by atoms with van der Waals surface area (Å²) in [5.41, 5.74) is -0.625. The minimum Gasteiger partial charge on any atom is -0.486 e. The van der Waals surface area contributed by atoms with Crippen LogP contribution in [0.5, 0.6) is 11.5 Å². The highest BCUT2D eigenvalue weighted by Gasteiger charge is 2.29. The van der Waals surface area contributed by atoms with Crippen molar-refractivity contribution >= 4 is 15.9 Å². The topological polar surface area (TPSA) is 107 Å². The lowest BCUT2D eigenvalue weighted by Crippen LogP contribution is -2.41. The molecule has 1 aromatic carbocycles. The van der Waals surface area contributed by atoms with Gasteiger partial charge in [0.2, 0.25) is 5.09 Å². The van der Waals surface area contributed by atoms with Gasteiger partial charge in [0.25, 0.3) is 15.9 Å². The lowest BCUT2D eigenvalue weighted by atomic mass is 9.93. The Labute approximate surface area is 170 Å². The largest absolute Gasteiger partial charge is 0.486 e. The van der Waals surface area contributed by atoms with Crippen molar-refractivity contribution in [3.63, 3.8) is 0 Å². The van der Waals surface area contributed by atoms with Crippen LogP contribution in [0.2, 0.25) is 0 Å². The van der Waals surface area contributed by atoms with Crippen molar-refractivity contribution in [3.05, 3.63) is 41.7 Å². The number of rotatable bonds is 5. The Morgan fingerprint density at radius 2 is 1.62 bits per heavy atom. The standard InChI is InChI=1S/C20H26N2O6S/c1-19(2,3)22-29(24,25)17-9-8-15(28-17)18(23)21-20(4,5)13-6-7-14-16(12-13)27-11-10-26-14/h6-9,12,22H,10-11H2,1-5H3,(H,21,23). The van der Waals surface area contributed by atoms with Gasteiger partial charge in [-0.2, -0.15) is 0 Å². The molecule has 3 rings (SSSR count). The van der Waals surface area contributed by atoms with Gasteiger partial charge in [0, 0.05) is 5.54 Å². The Hall–Kier alpha value is -2.52. The smallest absolute Gasteiger partial charge is 0.287 e. The van der Waals surface area contributed by atoms with Gasteiger partial charge < -0.3 is 19.2 Å². The fourth-order valence-corrected chi connectivity index (χ4v) is 4.24. The van der Waals surface area contributed by atoms with Crippen molar-refractivity contribution in [1.82, 2.24) is 10.0 Å². The van der Waals surface area contributed by atoms with Gasteiger partial charge in [-0.15, -0.1) is 0 Å². The monoisotopic (exact) mass is 422 g/mol. The number of ether oxygens (including phenoxy) is 2. The number of sulfonamides is 1. The van der Waals surface area contributed by atoms with E-state index in [2.05, 4.69) is 10.0 Å². The molecule has 0 spiro atoms. The van der Waals surface area contributed by atoms with Crippen LogP contribution in [0.1, 0.15) is 50.7 Å². The Balaban J connectivity index is 1.77. The summed E-state index contributed by atoms with van der Waals surface area (Å²) in [6, 6.07) is 8.07. The maximum atomic E-state index is 12.7. The molecule has 0 bridgehead atoms. The Bertz CT molecular complexity index is 1020. The molecule has 1 aliphatic heterocycles. The first-order valence-corrected chi connectivity index (χ1v) is 10.7. The molecule has 0 saturated carbocycles. The summed E-state index contributed by atoms with van der Waals surface area (Å²) in [7, 11) is -3.86. The second-order valence-electron chi connectivity index (χ2n) is 8.41.